The average molecular weight is 390 g/mol. The normalized spacial score (nSPS) is 11.7. The highest BCUT2D eigenvalue weighted by atomic mass is 16.2. The van der Waals surface area contributed by atoms with Crippen molar-refractivity contribution in [2.75, 3.05) is 5.73 Å². The molecular weight excluding hydrogens is 372 g/mol. The molecule has 0 spiro atoms. The third kappa shape index (κ3) is 2.42. The van der Waals surface area contributed by atoms with E-state index in [1.54, 1.807) is 30.9 Å². The number of H-pyrrole nitrogens is 1. The minimum atomic E-state index is -0.445. The Morgan fingerprint density at radius 2 is 1.90 bits per heavy atom. The molecule has 1 aromatic carbocycles. The van der Waals surface area contributed by atoms with Crippen LogP contribution in [0.4, 0.5) is 5.82 Å². The number of benzene rings is 1. The first kappa shape index (κ1) is 17.0. The van der Waals surface area contributed by atoms with Gasteiger partial charge in [0.15, 0.2) is 11.2 Å². The van der Waals surface area contributed by atoms with E-state index < -0.39 is 11.2 Å². The summed E-state index contributed by atoms with van der Waals surface area (Å²) in [4.78, 5) is 33.8. The number of fused-ring (bicyclic) bond motifs is 2. The molecule has 0 unspecified atom stereocenters. The Hall–Kier alpha value is -4.08. The van der Waals surface area contributed by atoms with Crippen molar-refractivity contribution in [3.05, 3.63) is 69.1 Å². The molecule has 0 amide bonds. The van der Waals surface area contributed by atoms with Gasteiger partial charge in [-0.1, -0.05) is 18.2 Å². The number of hydrogen-bond donors (Lipinski definition) is 2. The molecule has 3 N–H and O–H groups in total. The lowest BCUT2D eigenvalue weighted by Crippen LogP contribution is -2.39. The molecule has 0 fully saturated rings. The van der Waals surface area contributed by atoms with Gasteiger partial charge in [0.1, 0.15) is 5.82 Å². The van der Waals surface area contributed by atoms with Crippen molar-refractivity contribution in [3.63, 3.8) is 0 Å². The predicted octanol–water partition coefficient (Wildman–Crippen LogP) is 0.731. The van der Waals surface area contributed by atoms with Gasteiger partial charge in [-0.25, -0.2) is 4.79 Å². The van der Waals surface area contributed by atoms with Crippen molar-refractivity contribution in [3.8, 4) is 5.95 Å². The van der Waals surface area contributed by atoms with Crippen LogP contribution in [0.1, 0.15) is 5.69 Å². The molecule has 0 atom stereocenters. The Labute approximate surface area is 163 Å². The maximum absolute atomic E-state index is 13.2. The van der Waals surface area contributed by atoms with E-state index in [-0.39, 0.29) is 12.2 Å². The first-order valence-corrected chi connectivity index (χ1v) is 8.98. The van der Waals surface area contributed by atoms with Crippen molar-refractivity contribution in [1.29, 1.82) is 0 Å². The largest absolute Gasteiger partial charge is 0.383 e. The van der Waals surface area contributed by atoms with Crippen molar-refractivity contribution in [2.45, 2.75) is 6.54 Å². The Bertz CT molecular complexity index is 1480. The number of nitrogen functional groups attached to an aromatic ring is 1. The van der Waals surface area contributed by atoms with E-state index in [2.05, 4.69) is 15.1 Å². The molecule has 0 saturated heterocycles. The standard InChI is InChI=1S/C19H18N8O2/c1-24-15-16(23-18(24)27-14(20)7-8-21-27)25(2)19(29)26(17(15)28)10-12-9-11-5-3-4-6-13(11)22-12/h3-9,22H,10,20H2,1-2H3. The zero-order valence-corrected chi connectivity index (χ0v) is 15.8. The lowest BCUT2D eigenvalue weighted by Gasteiger charge is -2.07. The maximum atomic E-state index is 13.2. The Morgan fingerprint density at radius 1 is 1.10 bits per heavy atom. The third-order valence-electron chi connectivity index (χ3n) is 5.11. The summed E-state index contributed by atoms with van der Waals surface area (Å²) in [5.74, 6) is 0.741. The van der Waals surface area contributed by atoms with Crippen molar-refractivity contribution in [1.82, 2.24) is 33.4 Å². The molecular formula is C19H18N8O2. The van der Waals surface area contributed by atoms with Gasteiger partial charge in [-0.15, -0.1) is 0 Å². The summed E-state index contributed by atoms with van der Waals surface area (Å²) in [5.41, 5.74) is 7.36. The summed E-state index contributed by atoms with van der Waals surface area (Å²) >= 11 is 0. The van der Waals surface area contributed by atoms with Gasteiger partial charge < -0.3 is 15.3 Å². The second-order valence-electron chi connectivity index (χ2n) is 6.93. The minimum absolute atomic E-state index is 0.126. The molecule has 0 bridgehead atoms. The van der Waals surface area contributed by atoms with Crippen LogP contribution in [0.2, 0.25) is 0 Å². The number of para-hydroxylation sites is 1. The van der Waals surface area contributed by atoms with Crippen LogP contribution in [0.3, 0.4) is 0 Å². The predicted molar refractivity (Wildman–Crippen MR) is 109 cm³/mol. The van der Waals surface area contributed by atoms with E-state index in [0.717, 1.165) is 16.6 Å². The van der Waals surface area contributed by atoms with Gasteiger partial charge in [0, 0.05) is 31.4 Å². The zero-order valence-electron chi connectivity index (χ0n) is 15.8. The number of hydrogen-bond acceptors (Lipinski definition) is 5. The van der Waals surface area contributed by atoms with E-state index in [0.29, 0.717) is 17.3 Å². The Balaban J connectivity index is 1.72. The maximum Gasteiger partial charge on any atom is 0.332 e. The van der Waals surface area contributed by atoms with Gasteiger partial charge >= 0.3 is 5.69 Å². The molecule has 4 aromatic heterocycles. The molecule has 0 saturated carbocycles. The summed E-state index contributed by atoms with van der Waals surface area (Å²) in [5, 5.41) is 5.16. The van der Waals surface area contributed by atoms with Crippen LogP contribution >= 0.6 is 0 Å². The summed E-state index contributed by atoms with van der Waals surface area (Å²) in [6.45, 7) is 0.126. The summed E-state index contributed by atoms with van der Waals surface area (Å²) < 4.78 is 5.58. The highest BCUT2D eigenvalue weighted by Crippen LogP contribution is 2.17. The van der Waals surface area contributed by atoms with Crippen LogP contribution < -0.4 is 17.0 Å². The monoisotopic (exact) mass is 390 g/mol. The number of nitrogens with two attached hydrogens (primary N) is 1. The quantitative estimate of drug-likeness (QED) is 0.470. The highest BCUT2D eigenvalue weighted by molar-refractivity contribution is 5.80. The first-order valence-electron chi connectivity index (χ1n) is 8.98. The fourth-order valence-electron chi connectivity index (χ4n) is 3.63. The molecule has 5 rings (SSSR count). The molecule has 5 aromatic rings. The number of anilines is 1. The number of rotatable bonds is 3. The molecule has 146 valence electrons. The van der Waals surface area contributed by atoms with Crippen molar-refractivity contribution in [2.24, 2.45) is 14.1 Å². The van der Waals surface area contributed by atoms with Crippen LogP contribution in [0.25, 0.3) is 28.0 Å². The molecule has 0 radical (unpaired) electrons. The third-order valence-corrected chi connectivity index (χ3v) is 5.11. The number of nitrogens with one attached hydrogen (secondary N) is 1. The highest BCUT2D eigenvalue weighted by Gasteiger charge is 2.20. The van der Waals surface area contributed by atoms with Crippen LogP contribution in [-0.4, -0.2) is 33.4 Å². The fraction of sp³-hybridized carbons (Fsp3) is 0.158. The van der Waals surface area contributed by atoms with Crippen LogP contribution in [0, 0.1) is 0 Å². The number of nitrogens with zero attached hydrogens (tertiary/aromatic N) is 6. The van der Waals surface area contributed by atoms with E-state index in [1.807, 2.05) is 30.3 Å². The smallest absolute Gasteiger partial charge is 0.332 e. The summed E-state index contributed by atoms with van der Waals surface area (Å²) in [7, 11) is 3.29. The number of aromatic amines is 1. The Kier molecular flexibility index (Phi) is 3.50. The van der Waals surface area contributed by atoms with Gasteiger partial charge in [-0.2, -0.15) is 14.8 Å². The van der Waals surface area contributed by atoms with Crippen LogP contribution in [0.15, 0.2) is 52.2 Å². The van der Waals surface area contributed by atoms with Crippen molar-refractivity contribution < 1.29 is 0 Å². The van der Waals surface area contributed by atoms with E-state index >= 15 is 0 Å². The second-order valence-corrected chi connectivity index (χ2v) is 6.93. The molecule has 10 heteroatoms. The lowest BCUT2D eigenvalue weighted by molar-refractivity contribution is 0.648. The second kappa shape index (κ2) is 5.96. The molecule has 0 aliphatic rings. The van der Waals surface area contributed by atoms with Gasteiger partial charge in [-0.3, -0.25) is 13.9 Å². The van der Waals surface area contributed by atoms with Crippen molar-refractivity contribution >= 4 is 27.9 Å². The molecule has 10 nitrogen and oxygen atoms in total. The van der Waals surface area contributed by atoms with Gasteiger partial charge in [0.2, 0.25) is 5.95 Å². The van der Waals surface area contributed by atoms with Gasteiger partial charge in [0.25, 0.3) is 5.56 Å². The molecule has 0 aliphatic carbocycles. The van der Waals surface area contributed by atoms with E-state index in [4.69, 9.17) is 5.73 Å². The first-order chi connectivity index (χ1) is 14.0. The number of imidazole rings is 1. The number of aryl methyl sites for hydroxylation is 2. The molecule has 4 heterocycles. The van der Waals surface area contributed by atoms with Crippen LogP contribution in [0.5, 0.6) is 0 Å². The minimum Gasteiger partial charge on any atom is -0.383 e. The fourth-order valence-corrected chi connectivity index (χ4v) is 3.63. The summed E-state index contributed by atoms with van der Waals surface area (Å²) in [6, 6.07) is 11.4. The Morgan fingerprint density at radius 3 is 2.62 bits per heavy atom. The zero-order chi connectivity index (χ0) is 20.3. The molecule has 0 aliphatic heterocycles. The van der Waals surface area contributed by atoms with E-state index in [1.165, 1.54) is 13.8 Å². The van der Waals surface area contributed by atoms with Crippen LogP contribution in [-0.2, 0) is 20.6 Å². The SMILES string of the molecule is Cn1c(-n2nccc2N)nc2c1c(=O)n(Cc1cc3ccccc3[nH]1)c(=O)n2C. The summed E-state index contributed by atoms with van der Waals surface area (Å²) in [6.07, 6.45) is 1.54. The topological polar surface area (TPSA) is 121 Å². The van der Waals surface area contributed by atoms with Gasteiger partial charge in [0.05, 0.1) is 12.7 Å². The number of aromatic nitrogens is 7. The lowest BCUT2D eigenvalue weighted by atomic mass is 10.2. The molecule has 29 heavy (non-hydrogen) atoms. The average Bonchev–Trinajstić information content (AvgIpc) is 3.40. The van der Waals surface area contributed by atoms with E-state index in [9.17, 15) is 9.59 Å². The van der Waals surface area contributed by atoms with Gasteiger partial charge in [-0.05, 0) is 17.5 Å².